The number of nitrogens with one attached hydrogen (secondary N) is 1. The van der Waals surface area contributed by atoms with Crippen molar-refractivity contribution in [2.45, 2.75) is 12.8 Å². The number of carbonyl (C=O) groups excluding carboxylic acids is 1. The maximum atomic E-state index is 12.2. The highest BCUT2D eigenvalue weighted by Gasteiger charge is 2.16. The van der Waals surface area contributed by atoms with Gasteiger partial charge in [-0.3, -0.25) is 4.79 Å². The van der Waals surface area contributed by atoms with Crippen molar-refractivity contribution in [1.29, 1.82) is 0 Å². The van der Waals surface area contributed by atoms with Crippen LogP contribution in [0.3, 0.4) is 0 Å². The monoisotopic (exact) mass is 286 g/mol. The summed E-state index contributed by atoms with van der Waals surface area (Å²) in [5.41, 5.74) is 0.836. The van der Waals surface area contributed by atoms with E-state index in [-0.39, 0.29) is 5.91 Å². The molecule has 5 heteroatoms. The van der Waals surface area contributed by atoms with Gasteiger partial charge in [0, 0.05) is 29.7 Å². The molecular formula is C13H16Cl2N2O. The SMILES string of the molecule is O=C(Cc1ccc(Cl)cc1Cl)N1CCCNCC1. The Labute approximate surface area is 117 Å². The highest BCUT2D eigenvalue weighted by molar-refractivity contribution is 6.35. The smallest absolute Gasteiger partial charge is 0.227 e. The first-order valence-electron chi connectivity index (χ1n) is 6.09. The van der Waals surface area contributed by atoms with Crippen LogP contribution < -0.4 is 5.32 Å². The second-order valence-electron chi connectivity index (χ2n) is 4.40. The molecule has 0 atom stereocenters. The predicted octanol–water partition coefficient (Wildman–Crippen LogP) is 2.36. The van der Waals surface area contributed by atoms with Gasteiger partial charge in [0.1, 0.15) is 0 Å². The summed E-state index contributed by atoms with van der Waals surface area (Å²) in [5, 5.41) is 4.43. The molecule has 0 aromatic heterocycles. The van der Waals surface area contributed by atoms with Crippen LogP contribution in [0.2, 0.25) is 10.0 Å². The Kier molecular flexibility index (Phi) is 4.87. The van der Waals surface area contributed by atoms with E-state index in [1.165, 1.54) is 0 Å². The first-order valence-corrected chi connectivity index (χ1v) is 6.85. The number of carbonyl (C=O) groups is 1. The zero-order valence-electron chi connectivity index (χ0n) is 10.1. The Morgan fingerprint density at radius 2 is 2.11 bits per heavy atom. The summed E-state index contributed by atoms with van der Waals surface area (Å²) in [6.45, 7) is 3.42. The third-order valence-electron chi connectivity index (χ3n) is 3.05. The first-order chi connectivity index (χ1) is 8.66. The number of hydrogen-bond donors (Lipinski definition) is 1. The molecule has 0 radical (unpaired) electrons. The van der Waals surface area contributed by atoms with Crippen LogP contribution in [0.15, 0.2) is 18.2 Å². The molecule has 2 rings (SSSR count). The Bertz CT molecular complexity index is 429. The van der Waals surface area contributed by atoms with E-state index in [0.29, 0.717) is 16.5 Å². The van der Waals surface area contributed by atoms with Gasteiger partial charge in [0.15, 0.2) is 0 Å². The Balaban J connectivity index is 2.01. The molecule has 1 aromatic rings. The van der Waals surface area contributed by atoms with Gasteiger partial charge in [-0.05, 0) is 30.7 Å². The van der Waals surface area contributed by atoms with E-state index < -0.39 is 0 Å². The maximum Gasteiger partial charge on any atom is 0.227 e. The second kappa shape index (κ2) is 6.41. The van der Waals surface area contributed by atoms with Crippen molar-refractivity contribution in [3.8, 4) is 0 Å². The maximum absolute atomic E-state index is 12.2. The van der Waals surface area contributed by atoms with Crippen LogP contribution in [0, 0.1) is 0 Å². The van der Waals surface area contributed by atoms with Crippen LogP contribution in [-0.4, -0.2) is 37.0 Å². The van der Waals surface area contributed by atoms with Gasteiger partial charge in [-0.15, -0.1) is 0 Å². The van der Waals surface area contributed by atoms with Gasteiger partial charge >= 0.3 is 0 Å². The van der Waals surface area contributed by atoms with Crippen molar-refractivity contribution in [3.05, 3.63) is 33.8 Å². The molecule has 3 nitrogen and oxygen atoms in total. The van der Waals surface area contributed by atoms with Crippen LogP contribution in [0.1, 0.15) is 12.0 Å². The van der Waals surface area contributed by atoms with Crippen molar-refractivity contribution in [3.63, 3.8) is 0 Å². The van der Waals surface area contributed by atoms with Crippen LogP contribution in [0.25, 0.3) is 0 Å². The molecule has 0 aliphatic carbocycles. The molecule has 98 valence electrons. The molecule has 0 bridgehead atoms. The lowest BCUT2D eigenvalue weighted by Gasteiger charge is -2.20. The van der Waals surface area contributed by atoms with Crippen molar-refractivity contribution in [1.82, 2.24) is 10.2 Å². The van der Waals surface area contributed by atoms with Crippen molar-refractivity contribution < 1.29 is 4.79 Å². The summed E-state index contributed by atoms with van der Waals surface area (Å²) in [4.78, 5) is 14.1. The number of amides is 1. The summed E-state index contributed by atoms with van der Waals surface area (Å²) >= 11 is 11.9. The third-order valence-corrected chi connectivity index (χ3v) is 3.64. The second-order valence-corrected chi connectivity index (χ2v) is 5.24. The fraction of sp³-hybridized carbons (Fsp3) is 0.462. The molecule has 0 spiro atoms. The molecule has 1 fully saturated rings. The van der Waals surface area contributed by atoms with Crippen molar-refractivity contribution >= 4 is 29.1 Å². The lowest BCUT2D eigenvalue weighted by atomic mass is 10.1. The van der Waals surface area contributed by atoms with Gasteiger partial charge in [-0.25, -0.2) is 0 Å². The molecule has 1 aromatic carbocycles. The third kappa shape index (κ3) is 3.61. The van der Waals surface area contributed by atoms with E-state index in [4.69, 9.17) is 23.2 Å². The molecule has 0 saturated carbocycles. The van der Waals surface area contributed by atoms with Gasteiger partial charge in [0.2, 0.25) is 5.91 Å². The van der Waals surface area contributed by atoms with E-state index in [9.17, 15) is 4.79 Å². The molecule has 1 heterocycles. The quantitative estimate of drug-likeness (QED) is 0.905. The van der Waals surface area contributed by atoms with Gasteiger partial charge in [0.05, 0.1) is 6.42 Å². The molecule has 1 amide bonds. The zero-order valence-corrected chi connectivity index (χ0v) is 11.6. The van der Waals surface area contributed by atoms with Crippen LogP contribution >= 0.6 is 23.2 Å². The summed E-state index contributed by atoms with van der Waals surface area (Å²) in [5.74, 6) is 0.128. The van der Waals surface area contributed by atoms with Gasteiger partial charge in [-0.2, -0.15) is 0 Å². The molecule has 0 unspecified atom stereocenters. The van der Waals surface area contributed by atoms with E-state index in [1.807, 2.05) is 11.0 Å². The van der Waals surface area contributed by atoms with Gasteiger partial charge < -0.3 is 10.2 Å². The predicted molar refractivity (Wildman–Crippen MR) is 74.2 cm³/mol. The van der Waals surface area contributed by atoms with Crippen molar-refractivity contribution in [2.24, 2.45) is 0 Å². The standard InChI is InChI=1S/C13H16Cl2N2O/c14-11-3-2-10(12(15)9-11)8-13(18)17-6-1-4-16-5-7-17/h2-3,9,16H,1,4-8H2. The molecule has 1 aliphatic heterocycles. The van der Waals surface area contributed by atoms with E-state index in [1.54, 1.807) is 12.1 Å². The number of nitrogens with zero attached hydrogens (tertiary/aromatic N) is 1. The Morgan fingerprint density at radius 1 is 1.28 bits per heavy atom. The van der Waals surface area contributed by atoms with Crippen molar-refractivity contribution in [2.75, 3.05) is 26.2 Å². The summed E-state index contributed by atoms with van der Waals surface area (Å²) in [7, 11) is 0. The molecule has 1 aliphatic rings. The summed E-state index contributed by atoms with van der Waals surface area (Å²) < 4.78 is 0. The van der Waals surface area contributed by atoms with Gasteiger partial charge in [-0.1, -0.05) is 29.3 Å². The normalized spacial score (nSPS) is 16.4. The van der Waals surface area contributed by atoms with Crippen LogP contribution in [-0.2, 0) is 11.2 Å². The minimum Gasteiger partial charge on any atom is -0.341 e. The topological polar surface area (TPSA) is 32.3 Å². The highest BCUT2D eigenvalue weighted by Crippen LogP contribution is 2.21. The number of benzene rings is 1. The average Bonchev–Trinajstić information content (AvgIpc) is 2.61. The van der Waals surface area contributed by atoms with Gasteiger partial charge in [0.25, 0.3) is 0 Å². The molecule has 18 heavy (non-hydrogen) atoms. The minimum atomic E-state index is 0.128. The minimum absolute atomic E-state index is 0.128. The molecule has 1 saturated heterocycles. The fourth-order valence-electron chi connectivity index (χ4n) is 2.03. The summed E-state index contributed by atoms with van der Waals surface area (Å²) in [6, 6.07) is 5.26. The lowest BCUT2D eigenvalue weighted by Crippen LogP contribution is -2.35. The lowest BCUT2D eigenvalue weighted by molar-refractivity contribution is -0.130. The van der Waals surface area contributed by atoms with Crippen LogP contribution in [0.4, 0.5) is 0 Å². The Hall–Kier alpha value is -0.770. The van der Waals surface area contributed by atoms with Crippen LogP contribution in [0.5, 0.6) is 0 Å². The molecule has 1 N–H and O–H groups in total. The molecular weight excluding hydrogens is 271 g/mol. The average molecular weight is 287 g/mol. The van der Waals surface area contributed by atoms with E-state index in [2.05, 4.69) is 5.32 Å². The first kappa shape index (κ1) is 13.7. The fourth-order valence-corrected chi connectivity index (χ4v) is 2.51. The largest absolute Gasteiger partial charge is 0.341 e. The van der Waals surface area contributed by atoms with E-state index >= 15 is 0 Å². The summed E-state index contributed by atoms with van der Waals surface area (Å²) in [6.07, 6.45) is 1.34. The number of halogens is 2. The Morgan fingerprint density at radius 3 is 2.89 bits per heavy atom. The highest BCUT2D eigenvalue weighted by atomic mass is 35.5. The van der Waals surface area contributed by atoms with E-state index in [0.717, 1.165) is 38.2 Å². The zero-order chi connectivity index (χ0) is 13.0. The number of hydrogen-bond acceptors (Lipinski definition) is 2. The number of rotatable bonds is 2.